The van der Waals surface area contributed by atoms with Gasteiger partial charge in [-0.3, -0.25) is 14.5 Å². The summed E-state index contributed by atoms with van der Waals surface area (Å²) >= 11 is 1.36. The second-order valence-electron chi connectivity index (χ2n) is 5.77. The van der Waals surface area contributed by atoms with Crippen LogP contribution in [0.5, 0.6) is 0 Å². The number of carbonyl (C=O) groups excluding carboxylic acids is 3. The van der Waals surface area contributed by atoms with Gasteiger partial charge in [0.05, 0.1) is 16.8 Å². The van der Waals surface area contributed by atoms with Crippen LogP contribution in [0.2, 0.25) is 0 Å². The number of benzene rings is 1. The third kappa shape index (κ3) is 2.44. The number of nitrogens with zero attached hydrogens (tertiary/aromatic N) is 3. The van der Waals surface area contributed by atoms with Crippen molar-refractivity contribution in [2.24, 2.45) is 5.73 Å². The molecule has 0 unspecified atom stereocenters. The number of primary amides is 1. The van der Waals surface area contributed by atoms with Crippen LogP contribution in [0, 0.1) is 0 Å². The number of nitrogens with two attached hydrogens (primary N) is 1. The number of thiazole rings is 1. The average Bonchev–Trinajstić information content (AvgIpc) is 3.09. The molecule has 1 aromatic carbocycles. The standard InChI is InChI=1S/C16H16N4O3S/c1-8(2)12-7-18-16(24-12)20(15(17)23)9-4-5-10-11(6-9)14(22)19(3)13(10)21/h4-8H,1-3H3,(H2,17,23). The maximum atomic E-state index is 12.1. The molecule has 24 heavy (non-hydrogen) atoms. The van der Waals surface area contributed by atoms with Crippen LogP contribution in [0.25, 0.3) is 0 Å². The summed E-state index contributed by atoms with van der Waals surface area (Å²) in [5.74, 6) is -0.481. The Labute approximate surface area is 142 Å². The van der Waals surface area contributed by atoms with E-state index in [2.05, 4.69) is 4.98 Å². The number of anilines is 2. The highest BCUT2D eigenvalue weighted by Gasteiger charge is 2.34. The van der Waals surface area contributed by atoms with Gasteiger partial charge in [0.2, 0.25) is 0 Å². The van der Waals surface area contributed by atoms with E-state index in [0.717, 1.165) is 9.78 Å². The van der Waals surface area contributed by atoms with E-state index in [4.69, 9.17) is 5.73 Å². The Kier molecular flexibility index (Phi) is 3.84. The molecule has 2 N–H and O–H groups in total. The normalized spacial score (nSPS) is 13.6. The Hall–Kier alpha value is -2.74. The van der Waals surface area contributed by atoms with Crippen LogP contribution in [-0.4, -0.2) is 34.8 Å². The second kappa shape index (κ2) is 5.72. The molecule has 124 valence electrons. The molecule has 7 nitrogen and oxygen atoms in total. The molecule has 0 saturated heterocycles. The van der Waals surface area contributed by atoms with Crippen LogP contribution in [0.15, 0.2) is 24.4 Å². The number of amides is 4. The lowest BCUT2D eigenvalue weighted by atomic mass is 10.1. The van der Waals surface area contributed by atoms with E-state index in [1.54, 1.807) is 12.3 Å². The first-order chi connectivity index (χ1) is 11.3. The van der Waals surface area contributed by atoms with E-state index in [9.17, 15) is 14.4 Å². The summed E-state index contributed by atoms with van der Waals surface area (Å²) in [7, 11) is 1.42. The van der Waals surface area contributed by atoms with E-state index < -0.39 is 11.9 Å². The second-order valence-corrected chi connectivity index (χ2v) is 6.81. The van der Waals surface area contributed by atoms with Gasteiger partial charge in [-0.15, -0.1) is 11.3 Å². The molecule has 0 radical (unpaired) electrons. The van der Waals surface area contributed by atoms with Gasteiger partial charge < -0.3 is 5.73 Å². The molecule has 8 heteroatoms. The van der Waals surface area contributed by atoms with Crippen molar-refractivity contribution in [2.45, 2.75) is 19.8 Å². The van der Waals surface area contributed by atoms with Gasteiger partial charge in [0.25, 0.3) is 11.8 Å². The molecule has 0 atom stereocenters. The molecule has 4 amide bonds. The Morgan fingerprint density at radius 1 is 1.25 bits per heavy atom. The fourth-order valence-corrected chi connectivity index (χ4v) is 3.41. The van der Waals surface area contributed by atoms with E-state index in [1.165, 1.54) is 35.4 Å². The highest BCUT2D eigenvalue weighted by atomic mass is 32.1. The summed E-state index contributed by atoms with van der Waals surface area (Å²) in [5, 5.41) is 0.427. The van der Waals surface area contributed by atoms with Crippen molar-refractivity contribution >= 4 is 40.0 Å². The molecule has 2 aromatic rings. The monoisotopic (exact) mass is 344 g/mol. The number of imide groups is 1. The van der Waals surface area contributed by atoms with Crippen molar-refractivity contribution in [1.82, 2.24) is 9.88 Å². The maximum Gasteiger partial charge on any atom is 0.325 e. The quantitative estimate of drug-likeness (QED) is 0.866. The number of urea groups is 1. The van der Waals surface area contributed by atoms with Crippen molar-refractivity contribution in [3.05, 3.63) is 40.4 Å². The van der Waals surface area contributed by atoms with Crippen LogP contribution >= 0.6 is 11.3 Å². The maximum absolute atomic E-state index is 12.1. The molecule has 1 aliphatic heterocycles. The van der Waals surface area contributed by atoms with Gasteiger partial charge in [0, 0.05) is 18.1 Å². The van der Waals surface area contributed by atoms with Crippen molar-refractivity contribution in [3.63, 3.8) is 0 Å². The third-order valence-electron chi connectivity index (χ3n) is 3.82. The molecule has 1 aromatic heterocycles. The minimum atomic E-state index is -0.704. The van der Waals surface area contributed by atoms with Gasteiger partial charge in [-0.2, -0.15) is 0 Å². The number of hydrogen-bond donors (Lipinski definition) is 1. The molecule has 0 aliphatic carbocycles. The van der Waals surface area contributed by atoms with E-state index in [-0.39, 0.29) is 17.4 Å². The Morgan fingerprint density at radius 3 is 2.50 bits per heavy atom. The van der Waals surface area contributed by atoms with Crippen molar-refractivity contribution < 1.29 is 14.4 Å². The van der Waals surface area contributed by atoms with Crippen LogP contribution < -0.4 is 10.6 Å². The predicted octanol–water partition coefficient (Wildman–Crippen LogP) is 2.71. The van der Waals surface area contributed by atoms with E-state index in [1.807, 2.05) is 13.8 Å². The highest BCUT2D eigenvalue weighted by Crippen LogP contribution is 2.34. The number of carbonyl (C=O) groups is 3. The number of rotatable bonds is 3. The molecule has 0 spiro atoms. The van der Waals surface area contributed by atoms with Gasteiger partial charge in [-0.25, -0.2) is 14.7 Å². The predicted molar refractivity (Wildman–Crippen MR) is 90.8 cm³/mol. The average molecular weight is 344 g/mol. The topological polar surface area (TPSA) is 96.6 Å². The molecular formula is C16H16N4O3S. The lowest BCUT2D eigenvalue weighted by molar-refractivity contribution is 0.0693. The van der Waals surface area contributed by atoms with E-state index in [0.29, 0.717) is 16.4 Å². The Morgan fingerprint density at radius 2 is 1.92 bits per heavy atom. The Bertz CT molecular complexity index is 859. The van der Waals surface area contributed by atoms with E-state index >= 15 is 0 Å². The summed E-state index contributed by atoms with van der Waals surface area (Å²) in [5.41, 5.74) is 6.49. The summed E-state index contributed by atoms with van der Waals surface area (Å²) in [6.07, 6.45) is 1.70. The van der Waals surface area contributed by atoms with Gasteiger partial charge >= 0.3 is 6.03 Å². The first kappa shape index (κ1) is 16.1. The van der Waals surface area contributed by atoms with Crippen LogP contribution in [0.1, 0.15) is 45.4 Å². The molecule has 0 fully saturated rings. The lowest BCUT2D eigenvalue weighted by Gasteiger charge is -2.17. The summed E-state index contributed by atoms with van der Waals surface area (Å²) in [6, 6.07) is 3.91. The zero-order valence-electron chi connectivity index (χ0n) is 13.4. The number of aromatic nitrogens is 1. The van der Waals surface area contributed by atoms with Gasteiger partial charge in [0.1, 0.15) is 0 Å². The van der Waals surface area contributed by atoms with Crippen molar-refractivity contribution in [3.8, 4) is 0 Å². The van der Waals surface area contributed by atoms with Gasteiger partial charge in [-0.1, -0.05) is 13.8 Å². The summed E-state index contributed by atoms with van der Waals surface area (Å²) in [6.45, 7) is 4.06. The molecule has 2 heterocycles. The summed E-state index contributed by atoms with van der Waals surface area (Å²) < 4.78 is 0. The molecule has 0 saturated carbocycles. The SMILES string of the molecule is CC(C)c1cnc(N(C(N)=O)c2ccc3c(c2)C(=O)N(C)C3=O)s1. The largest absolute Gasteiger partial charge is 0.351 e. The molecule has 0 bridgehead atoms. The third-order valence-corrected chi connectivity index (χ3v) is 5.11. The van der Waals surface area contributed by atoms with Crippen LogP contribution in [-0.2, 0) is 0 Å². The minimum absolute atomic E-state index is 0.256. The lowest BCUT2D eigenvalue weighted by Crippen LogP contribution is -2.31. The highest BCUT2D eigenvalue weighted by molar-refractivity contribution is 7.15. The van der Waals surface area contributed by atoms with Crippen molar-refractivity contribution in [2.75, 3.05) is 11.9 Å². The smallest absolute Gasteiger partial charge is 0.325 e. The van der Waals surface area contributed by atoms with Crippen molar-refractivity contribution in [1.29, 1.82) is 0 Å². The first-order valence-electron chi connectivity index (χ1n) is 7.33. The zero-order chi connectivity index (χ0) is 17.6. The Balaban J connectivity index is 2.06. The van der Waals surface area contributed by atoms with Crippen LogP contribution in [0.3, 0.4) is 0 Å². The fourth-order valence-electron chi connectivity index (χ4n) is 2.47. The fraction of sp³-hybridized carbons (Fsp3) is 0.250. The minimum Gasteiger partial charge on any atom is -0.351 e. The zero-order valence-corrected chi connectivity index (χ0v) is 14.3. The van der Waals surface area contributed by atoms with Gasteiger partial charge in [-0.05, 0) is 24.1 Å². The van der Waals surface area contributed by atoms with Crippen LogP contribution in [0.4, 0.5) is 15.6 Å². The first-order valence-corrected chi connectivity index (χ1v) is 8.14. The summed E-state index contributed by atoms with van der Waals surface area (Å²) in [4.78, 5) is 43.6. The van der Waals surface area contributed by atoms with Gasteiger partial charge in [0.15, 0.2) is 5.13 Å². The molecule has 3 rings (SSSR count). The number of fused-ring (bicyclic) bond motifs is 1. The molecular weight excluding hydrogens is 328 g/mol. The molecule has 1 aliphatic rings. The number of hydrogen-bond acceptors (Lipinski definition) is 5.